The molecule has 1 aliphatic heterocycles. The van der Waals surface area contributed by atoms with Crippen molar-refractivity contribution < 1.29 is 18.8 Å². The molecule has 1 atom stereocenters. The summed E-state index contributed by atoms with van der Waals surface area (Å²) >= 11 is 0. The molecule has 0 radical (unpaired) electrons. The number of benzene rings is 2. The minimum atomic E-state index is -1.31. The van der Waals surface area contributed by atoms with E-state index in [2.05, 4.69) is 31.4 Å². The van der Waals surface area contributed by atoms with Crippen molar-refractivity contribution in [3.05, 3.63) is 65.5 Å². The summed E-state index contributed by atoms with van der Waals surface area (Å²) in [5.74, 6) is -1.44. The SMILES string of the molecule is CC[C@@]1(c2ccc(F)cc2)NC(=O)N(CC(=O)Nc2ccc(C(C)(C)C)cc2)C1=O. The normalized spacial score (nSPS) is 19.0. The molecule has 1 fully saturated rings. The predicted octanol–water partition coefficient (Wildman–Crippen LogP) is 3.92. The van der Waals surface area contributed by atoms with E-state index in [1.807, 2.05) is 12.1 Å². The number of carbonyl (C=O) groups excluding carboxylic acids is 3. The van der Waals surface area contributed by atoms with Crippen molar-refractivity contribution in [1.29, 1.82) is 0 Å². The second-order valence-electron chi connectivity index (χ2n) is 8.46. The van der Waals surface area contributed by atoms with Gasteiger partial charge in [0.25, 0.3) is 5.91 Å². The van der Waals surface area contributed by atoms with E-state index in [0.29, 0.717) is 11.3 Å². The third kappa shape index (κ3) is 4.06. The standard InChI is InChI=1S/C23H26FN3O3/c1-5-23(16-6-10-17(24)11-7-16)20(29)27(21(30)26-23)14-19(28)25-18-12-8-15(9-13-18)22(2,3)4/h6-13H,5,14H2,1-4H3,(H,25,28)(H,26,30)/t23-/m0/s1. The molecular formula is C23H26FN3O3. The molecule has 158 valence electrons. The summed E-state index contributed by atoms with van der Waals surface area (Å²) in [5.41, 5.74) is 0.874. The average Bonchev–Trinajstić information content (AvgIpc) is 2.93. The monoisotopic (exact) mass is 411 g/mol. The van der Waals surface area contributed by atoms with E-state index in [-0.39, 0.29) is 11.8 Å². The fraction of sp³-hybridized carbons (Fsp3) is 0.348. The Hall–Kier alpha value is -3.22. The Balaban J connectivity index is 1.73. The van der Waals surface area contributed by atoms with Crippen molar-refractivity contribution in [2.45, 2.75) is 45.1 Å². The largest absolute Gasteiger partial charge is 0.325 e. The molecule has 1 heterocycles. The van der Waals surface area contributed by atoms with E-state index in [9.17, 15) is 18.8 Å². The number of nitrogens with one attached hydrogen (secondary N) is 2. The van der Waals surface area contributed by atoms with Crippen LogP contribution in [0.5, 0.6) is 0 Å². The van der Waals surface area contributed by atoms with E-state index in [4.69, 9.17) is 0 Å². The summed E-state index contributed by atoms with van der Waals surface area (Å²) in [6.45, 7) is 7.63. The predicted molar refractivity (Wildman–Crippen MR) is 112 cm³/mol. The van der Waals surface area contributed by atoms with Gasteiger partial charge in [-0.2, -0.15) is 0 Å². The number of hydrogen-bond donors (Lipinski definition) is 2. The number of nitrogens with zero attached hydrogens (tertiary/aromatic N) is 1. The minimum absolute atomic E-state index is 0.00751. The lowest BCUT2D eigenvalue weighted by Gasteiger charge is -2.25. The minimum Gasteiger partial charge on any atom is -0.325 e. The van der Waals surface area contributed by atoms with Crippen LogP contribution in [0.25, 0.3) is 0 Å². The van der Waals surface area contributed by atoms with Gasteiger partial charge in [0, 0.05) is 5.69 Å². The van der Waals surface area contributed by atoms with Crippen LogP contribution in [0.3, 0.4) is 0 Å². The van der Waals surface area contributed by atoms with Crippen molar-refractivity contribution in [3.8, 4) is 0 Å². The van der Waals surface area contributed by atoms with Crippen molar-refractivity contribution in [3.63, 3.8) is 0 Å². The van der Waals surface area contributed by atoms with Crippen LogP contribution in [0, 0.1) is 5.82 Å². The zero-order valence-corrected chi connectivity index (χ0v) is 17.6. The summed E-state index contributed by atoms with van der Waals surface area (Å²) < 4.78 is 13.3. The molecule has 0 spiro atoms. The first kappa shape index (κ1) is 21.5. The highest BCUT2D eigenvalue weighted by Crippen LogP contribution is 2.32. The Morgan fingerprint density at radius 2 is 1.67 bits per heavy atom. The van der Waals surface area contributed by atoms with Gasteiger partial charge in [-0.3, -0.25) is 14.5 Å². The summed E-state index contributed by atoms with van der Waals surface area (Å²) in [7, 11) is 0. The number of halogens is 1. The van der Waals surface area contributed by atoms with Crippen molar-refractivity contribution in [2.75, 3.05) is 11.9 Å². The Labute approximate surface area is 175 Å². The lowest BCUT2D eigenvalue weighted by atomic mass is 9.87. The van der Waals surface area contributed by atoms with Crippen molar-refractivity contribution in [2.24, 2.45) is 0 Å². The maximum Gasteiger partial charge on any atom is 0.325 e. The molecule has 7 heteroatoms. The Bertz CT molecular complexity index is 965. The highest BCUT2D eigenvalue weighted by molar-refractivity contribution is 6.10. The molecule has 2 N–H and O–H groups in total. The molecule has 1 aliphatic rings. The van der Waals surface area contributed by atoms with Crippen LogP contribution in [0.4, 0.5) is 14.9 Å². The summed E-state index contributed by atoms with van der Waals surface area (Å²) in [6, 6.07) is 12.2. The van der Waals surface area contributed by atoms with E-state index in [1.54, 1.807) is 19.1 Å². The van der Waals surface area contributed by atoms with E-state index >= 15 is 0 Å². The lowest BCUT2D eigenvalue weighted by molar-refractivity contribution is -0.134. The zero-order chi connectivity index (χ0) is 22.1. The summed E-state index contributed by atoms with van der Waals surface area (Å²) in [6.07, 6.45) is 0.273. The molecule has 0 aromatic heterocycles. The van der Waals surface area contributed by atoms with Gasteiger partial charge in [-0.15, -0.1) is 0 Å². The van der Waals surface area contributed by atoms with Crippen LogP contribution >= 0.6 is 0 Å². The van der Waals surface area contributed by atoms with Crippen LogP contribution in [-0.4, -0.2) is 29.3 Å². The van der Waals surface area contributed by atoms with Crippen LogP contribution in [0.2, 0.25) is 0 Å². The third-order valence-electron chi connectivity index (χ3n) is 5.38. The van der Waals surface area contributed by atoms with Gasteiger partial charge in [-0.1, -0.05) is 52.0 Å². The third-order valence-corrected chi connectivity index (χ3v) is 5.38. The van der Waals surface area contributed by atoms with Crippen LogP contribution < -0.4 is 10.6 Å². The first-order valence-corrected chi connectivity index (χ1v) is 9.87. The van der Waals surface area contributed by atoms with Crippen LogP contribution in [0.15, 0.2) is 48.5 Å². The Morgan fingerprint density at radius 3 is 2.20 bits per heavy atom. The van der Waals surface area contributed by atoms with Crippen LogP contribution in [-0.2, 0) is 20.5 Å². The molecule has 0 aliphatic carbocycles. The van der Waals surface area contributed by atoms with Crippen molar-refractivity contribution in [1.82, 2.24) is 10.2 Å². The highest BCUT2D eigenvalue weighted by Gasteiger charge is 2.51. The second kappa shape index (κ2) is 7.89. The second-order valence-corrected chi connectivity index (χ2v) is 8.46. The number of amides is 4. The van der Waals surface area contributed by atoms with Gasteiger partial charge < -0.3 is 10.6 Å². The molecule has 3 rings (SSSR count). The number of urea groups is 1. The van der Waals surface area contributed by atoms with Gasteiger partial charge in [-0.25, -0.2) is 9.18 Å². The number of anilines is 1. The van der Waals surface area contributed by atoms with Gasteiger partial charge in [0.1, 0.15) is 17.9 Å². The van der Waals surface area contributed by atoms with Gasteiger partial charge >= 0.3 is 6.03 Å². The fourth-order valence-electron chi connectivity index (χ4n) is 3.54. The Morgan fingerprint density at radius 1 is 1.07 bits per heavy atom. The topological polar surface area (TPSA) is 78.5 Å². The molecule has 2 aromatic rings. The van der Waals surface area contributed by atoms with E-state index < -0.39 is 35.7 Å². The average molecular weight is 411 g/mol. The smallest absolute Gasteiger partial charge is 0.325 e. The Kier molecular flexibility index (Phi) is 5.65. The molecule has 0 saturated carbocycles. The summed E-state index contributed by atoms with van der Waals surface area (Å²) in [5, 5.41) is 5.40. The number of imide groups is 1. The zero-order valence-electron chi connectivity index (χ0n) is 17.6. The molecular weight excluding hydrogens is 385 g/mol. The van der Waals surface area contributed by atoms with Gasteiger partial charge in [0.05, 0.1) is 0 Å². The van der Waals surface area contributed by atoms with E-state index in [0.717, 1.165) is 10.5 Å². The molecule has 2 aromatic carbocycles. The summed E-state index contributed by atoms with van der Waals surface area (Å²) in [4.78, 5) is 38.9. The van der Waals surface area contributed by atoms with Gasteiger partial charge in [0.15, 0.2) is 0 Å². The van der Waals surface area contributed by atoms with Gasteiger partial charge in [-0.05, 0) is 47.2 Å². The molecule has 6 nitrogen and oxygen atoms in total. The first-order chi connectivity index (χ1) is 14.1. The van der Waals surface area contributed by atoms with E-state index in [1.165, 1.54) is 24.3 Å². The molecule has 0 unspecified atom stereocenters. The number of carbonyl (C=O) groups is 3. The lowest BCUT2D eigenvalue weighted by Crippen LogP contribution is -2.44. The maximum absolute atomic E-state index is 13.3. The molecule has 0 bridgehead atoms. The fourth-order valence-corrected chi connectivity index (χ4v) is 3.54. The van der Waals surface area contributed by atoms with Crippen LogP contribution in [0.1, 0.15) is 45.2 Å². The maximum atomic E-state index is 13.3. The molecule has 1 saturated heterocycles. The quantitative estimate of drug-likeness (QED) is 0.732. The van der Waals surface area contributed by atoms with Gasteiger partial charge in [0.2, 0.25) is 5.91 Å². The number of rotatable bonds is 5. The molecule has 4 amide bonds. The number of hydrogen-bond acceptors (Lipinski definition) is 3. The van der Waals surface area contributed by atoms with Crippen molar-refractivity contribution >= 4 is 23.5 Å². The first-order valence-electron chi connectivity index (χ1n) is 9.87. The highest BCUT2D eigenvalue weighted by atomic mass is 19.1. The molecule has 30 heavy (non-hydrogen) atoms.